The molecule has 0 aliphatic carbocycles. The Bertz CT molecular complexity index is 715. The Morgan fingerprint density at radius 3 is 2.52 bits per heavy atom. The number of benzene rings is 1. The van der Waals surface area contributed by atoms with Gasteiger partial charge in [-0.15, -0.1) is 0 Å². The van der Waals surface area contributed by atoms with Gasteiger partial charge in [0.2, 0.25) is 0 Å². The quantitative estimate of drug-likeness (QED) is 0.825. The van der Waals surface area contributed by atoms with Crippen molar-refractivity contribution in [1.82, 2.24) is 14.8 Å². The van der Waals surface area contributed by atoms with E-state index in [2.05, 4.69) is 31.8 Å². The number of halogens is 1. The van der Waals surface area contributed by atoms with Crippen molar-refractivity contribution in [3.05, 3.63) is 60.2 Å². The van der Waals surface area contributed by atoms with Crippen LogP contribution in [0.2, 0.25) is 0 Å². The molecule has 0 radical (unpaired) electrons. The molecule has 2 saturated heterocycles. The summed E-state index contributed by atoms with van der Waals surface area (Å²) in [6.45, 7) is 7.70. The largest absolute Gasteiger partial charge is 0.371 e. The molecule has 5 heteroatoms. The molecule has 0 spiro atoms. The van der Waals surface area contributed by atoms with E-state index in [1.165, 1.54) is 44.0 Å². The van der Waals surface area contributed by atoms with E-state index < -0.39 is 0 Å². The molecule has 27 heavy (non-hydrogen) atoms. The highest BCUT2D eigenvalue weighted by Crippen LogP contribution is 2.24. The van der Waals surface area contributed by atoms with Crippen molar-refractivity contribution in [2.24, 2.45) is 0 Å². The zero-order valence-electron chi connectivity index (χ0n) is 15.9. The van der Waals surface area contributed by atoms with Gasteiger partial charge in [-0.2, -0.15) is 0 Å². The van der Waals surface area contributed by atoms with Crippen molar-refractivity contribution in [2.45, 2.75) is 31.8 Å². The summed E-state index contributed by atoms with van der Waals surface area (Å²) in [5.41, 5.74) is 2.37. The second kappa shape index (κ2) is 8.81. The third-order valence-corrected chi connectivity index (χ3v) is 5.93. The SMILES string of the molecule is Fc1cccc(N2CCC(N3CCCN(Cc4ccncc4)CC3)CC2)c1. The van der Waals surface area contributed by atoms with E-state index in [0.29, 0.717) is 6.04 Å². The van der Waals surface area contributed by atoms with Gasteiger partial charge in [0.05, 0.1) is 0 Å². The van der Waals surface area contributed by atoms with Crippen LogP contribution in [0.1, 0.15) is 24.8 Å². The first-order valence-corrected chi connectivity index (χ1v) is 10.1. The molecule has 0 atom stereocenters. The van der Waals surface area contributed by atoms with E-state index in [0.717, 1.165) is 38.4 Å². The molecule has 2 aliphatic heterocycles. The lowest BCUT2D eigenvalue weighted by atomic mass is 10.0. The lowest BCUT2D eigenvalue weighted by Crippen LogP contribution is -2.46. The first-order valence-electron chi connectivity index (χ1n) is 10.1. The van der Waals surface area contributed by atoms with Crippen LogP contribution in [-0.2, 0) is 6.54 Å². The van der Waals surface area contributed by atoms with Crippen molar-refractivity contribution < 1.29 is 4.39 Å². The molecule has 4 rings (SSSR count). The molecule has 144 valence electrons. The number of rotatable bonds is 4. The standard InChI is InChI=1S/C22H29FN4/c23-20-3-1-4-22(17-20)27-13-7-21(8-14-27)26-12-2-11-25(15-16-26)18-19-5-9-24-10-6-19/h1,3-6,9-10,17,21H,2,7-8,11-16,18H2. The maximum atomic E-state index is 13.5. The van der Waals surface area contributed by atoms with Crippen molar-refractivity contribution >= 4 is 5.69 Å². The fraction of sp³-hybridized carbons (Fsp3) is 0.500. The number of hydrogen-bond donors (Lipinski definition) is 0. The fourth-order valence-electron chi connectivity index (χ4n) is 4.42. The molecule has 3 heterocycles. The molecule has 4 nitrogen and oxygen atoms in total. The molecule has 0 unspecified atom stereocenters. The van der Waals surface area contributed by atoms with Crippen LogP contribution in [0.25, 0.3) is 0 Å². The molecule has 0 amide bonds. The Labute approximate surface area is 161 Å². The van der Waals surface area contributed by atoms with Crippen molar-refractivity contribution in [1.29, 1.82) is 0 Å². The summed E-state index contributed by atoms with van der Waals surface area (Å²) >= 11 is 0. The second-order valence-electron chi connectivity index (χ2n) is 7.72. The molecular weight excluding hydrogens is 339 g/mol. The Kier molecular flexibility index (Phi) is 6.00. The summed E-state index contributed by atoms with van der Waals surface area (Å²) in [6, 6.07) is 11.9. The second-order valence-corrected chi connectivity index (χ2v) is 7.72. The van der Waals surface area contributed by atoms with E-state index in [4.69, 9.17) is 0 Å². The third-order valence-electron chi connectivity index (χ3n) is 5.93. The third kappa shape index (κ3) is 4.85. The van der Waals surface area contributed by atoms with Crippen molar-refractivity contribution in [2.75, 3.05) is 44.2 Å². The summed E-state index contributed by atoms with van der Waals surface area (Å²) in [5.74, 6) is -0.142. The Balaban J connectivity index is 1.28. The number of pyridine rings is 1. The molecule has 1 aromatic carbocycles. The molecule has 1 aromatic heterocycles. The average molecular weight is 369 g/mol. The highest BCUT2D eigenvalue weighted by Gasteiger charge is 2.26. The maximum absolute atomic E-state index is 13.5. The zero-order chi connectivity index (χ0) is 18.5. The fourth-order valence-corrected chi connectivity index (χ4v) is 4.42. The minimum atomic E-state index is -0.142. The Hall–Kier alpha value is -1.98. The summed E-state index contributed by atoms with van der Waals surface area (Å²) in [6.07, 6.45) is 7.33. The number of anilines is 1. The van der Waals surface area contributed by atoms with Crippen LogP contribution in [0.15, 0.2) is 48.8 Å². The number of hydrogen-bond acceptors (Lipinski definition) is 4. The van der Waals surface area contributed by atoms with Gasteiger partial charge >= 0.3 is 0 Å². The van der Waals surface area contributed by atoms with Crippen molar-refractivity contribution in [3.8, 4) is 0 Å². The normalized spacial score (nSPS) is 20.6. The monoisotopic (exact) mass is 368 g/mol. The van der Waals surface area contributed by atoms with Crippen LogP contribution in [0, 0.1) is 5.82 Å². The summed E-state index contributed by atoms with van der Waals surface area (Å²) in [4.78, 5) is 11.7. The van der Waals surface area contributed by atoms with E-state index in [1.807, 2.05) is 24.5 Å². The molecule has 0 saturated carbocycles. The first kappa shape index (κ1) is 18.4. The molecule has 2 aromatic rings. The van der Waals surface area contributed by atoms with Gasteiger partial charge in [0.15, 0.2) is 0 Å². The minimum Gasteiger partial charge on any atom is -0.371 e. The number of aromatic nitrogens is 1. The van der Waals surface area contributed by atoms with Gasteiger partial charge in [-0.25, -0.2) is 4.39 Å². The van der Waals surface area contributed by atoms with Gasteiger partial charge in [-0.05, 0) is 68.2 Å². The van der Waals surface area contributed by atoms with Crippen LogP contribution in [0.4, 0.5) is 10.1 Å². The molecular formula is C22H29FN4. The predicted octanol–water partition coefficient (Wildman–Crippen LogP) is 3.40. The van der Waals surface area contributed by atoms with E-state index >= 15 is 0 Å². The average Bonchev–Trinajstić information content (AvgIpc) is 2.95. The first-order chi connectivity index (χ1) is 13.3. The zero-order valence-corrected chi connectivity index (χ0v) is 15.9. The predicted molar refractivity (Wildman–Crippen MR) is 107 cm³/mol. The van der Waals surface area contributed by atoms with Crippen molar-refractivity contribution in [3.63, 3.8) is 0 Å². The Morgan fingerprint density at radius 1 is 0.926 bits per heavy atom. The van der Waals surface area contributed by atoms with Crippen LogP contribution in [-0.4, -0.2) is 60.1 Å². The molecule has 0 bridgehead atoms. The number of nitrogens with zero attached hydrogens (tertiary/aromatic N) is 4. The molecule has 0 N–H and O–H groups in total. The lowest BCUT2D eigenvalue weighted by molar-refractivity contribution is 0.171. The van der Waals surface area contributed by atoms with Crippen LogP contribution < -0.4 is 4.90 Å². The highest BCUT2D eigenvalue weighted by atomic mass is 19.1. The summed E-state index contributed by atoms with van der Waals surface area (Å²) < 4.78 is 13.5. The topological polar surface area (TPSA) is 22.6 Å². The Morgan fingerprint density at radius 2 is 1.74 bits per heavy atom. The molecule has 2 fully saturated rings. The lowest BCUT2D eigenvalue weighted by Gasteiger charge is -2.39. The summed E-state index contributed by atoms with van der Waals surface area (Å²) in [7, 11) is 0. The van der Waals surface area contributed by atoms with E-state index in [-0.39, 0.29) is 5.82 Å². The minimum absolute atomic E-state index is 0.142. The van der Waals surface area contributed by atoms with E-state index in [9.17, 15) is 4.39 Å². The van der Waals surface area contributed by atoms with Gasteiger partial charge in [0.1, 0.15) is 5.82 Å². The summed E-state index contributed by atoms with van der Waals surface area (Å²) in [5, 5.41) is 0. The highest BCUT2D eigenvalue weighted by molar-refractivity contribution is 5.46. The van der Waals surface area contributed by atoms with Gasteiger partial charge in [0, 0.05) is 56.8 Å². The number of piperidine rings is 1. The van der Waals surface area contributed by atoms with Gasteiger partial charge < -0.3 is 4.90 Å². The van der Waals surface area contributed by atoms with Crippen LogP contribution in [0.5, 0.6) is 0 Å². The smallest absolute Gasteiger partial charge is 0.125 e. The van der Waals surface area contributed by atoms with Gasteiger partial charge in [-0.3, -0.25) is 14.8 Å². The van der Waals surface area contributed by atoms with E-state index in [1.54, 1.807) is 6.07 Å². The van der Waals surface area contributed by atoms with Gasteiger partial charge in [-0.1, -0.05) is 6.07 Å². The maximum Gasteiger partial charge on any atom is 0.125 e. The van der Waals surface area contributed by atoms with Crippen LogP contribution >= 0.6 is 0 Å². The molecule has 2 aliphatic rings. The van der Waals surface area contributed by atoms with Gasteiger partial charge in [0.25, 0.3) is 0 Å². The van der Waals surface area contributed by atoms with Crippen LogP contribution in [0.3, 0.4) is 0 Å².